The predicted octanol–water partition coefficient (Wildman–Crippen LogP) is 4.33. The fraction of sp³-hybridized carbons (Fsp3) is 0.200. The average molecular weight is 408 g/mol. The van der Waals surface area contributed by atoms with Gasteiger partial charge in [0.2, 0.25) is 0 Å². The molecular weight excluding hydrogens is 392 g/mol. The van der Waals surface area contributed by atoms with Gasteiger partial charge in [-0.2, -0.15) is 0 Å². The van der Waals surface area contributed by atoms with E-state index in [1.807, 2.05) is 6.92 Å². The molecule has 0 unspecified atom stereocenters. The maximum atomic E-state index is 13.3. The minimum absolute atomic E-state index is 0.0282. The number of carbonyl (C=O) groups excluding carboxylic acids is 2. The Bertz CT molecular complexity index is 951. The maximum absolute atomic E-state index is 13.3. The number of nitrogens with zero attached hydrogens (tertiary/aromatic N) is 1. The van der Waals surface area contributed by atoms with Gasteiger partial charge in [0.15, 0.2) is 0 Å². The van der Waals surface area contributed by atoms with Gasteiger partial charge >= 0.3 is 6.36 Å². The van der Waals surface area contributed by atoms with Gasteiger partial charge in [0.25, 0.3) is 11.8 Å². The second kappa shape index (κ2) is 7.94. The second-order valence-corrected chi connectivity index (χ2v) is 6.22. The summed E-state index contributed by atoms with van der Waals surface area (Å²) >= 11 is 0. The Morgan fingerprint density at radius 2 is 1.59 bits per heavy atom. The first-order valence-electron chi connectivity index (χ1n) is 8.69. The fourth-order valence-corrected chi connectivity index (χ4v) is 2.89. The summed E-state index contributed by atoms with van der Waals surface area (Å²) in [5.41, 5.74) is 0.676. The molecule has 0 saturated heterocycles. The molecule has 1 N–H and O–H groups in total. The molecule has 0 bridgehead atoms. The Morgan fingerprint density at radius 1 is 0.966 bits per heavy atom. The molecule has 0 atom stereocenters. The normalized spacial score (nSPS) is 14.6. The number of halogens is 4. The average Bonchev–Trinajstić information content (AvgIpc) is 2.88. The van der Waals surface area contributed by atoms with E-state index in [4.69, 9.17) is 0 Å². The first-order chi connectivity index (χ1) is 13.7. The van der Waals surface area contributed by atoms with Crippen molar-refractivity contribution in [3.8, 4) is 5.75 Å². The number of hydrogen-bond acceptors (Lipinski definition) is 4. The van der Waals surface area contributed by atoms with E-state index in [1.165, 1.54) is 36.4 Å². The number of benzene rings is 2. The molecule has 0 spiro atoms. The van der Waals surface area contributed by atoms with Crippen LogP contribution in [0.5, 0.6) is 5.75 Å². The first-order valence-corrected chi connectivity index (χ1v) is 8.69. The number of hydrogen-bond donors (Lipinski definition) is 1. The quantitative estimate of drug-likeness (QED) is 0.571. The molecule has 1 aliphatic rings. The zero-order valence-electron chi connectivity index (χ0n) is 15.2. The van der Waals surface area contributed by atoms with Gasteiger partial charge in [-0.15, -0.1) is 13.2 Å². The van der Waals surface area contributed by atoms with E-state index in [-0.39, 0.29) is 23.5 Å². The van der Waals surface area contributed by atoms with Crippen LogP contribution in [0.4, 0.5) is 23.2 Å². The van der Waals surface area contributed by atoms with Gasteiger partial charge in [0.1, 0.15) is 17.3 Å². The molecule has 5 nitrogen and oxygen atoms in total. The number of amides is 2. The Balaban J connectivity index is 1.95. The van der Waals surface area contributed by atoms with Crippen molar-refractivity contribution in [1.29, 1.82) is 0 Å². The van der Waals surface area contributed by atoms with Crippen LogP contribution in [0.15, 0.2) is 54.2 Å². The monoisotopic (exact) mass is 408 g/mol. The molecule has 0 radical (unpaired) electrons. The van der Waals surface area contributed by atoms with Crippen LogP contribution >= 0.6 is 0 Å². The van der Waals surface area contributed by atoms with E-state index in [9.17, 15) is 27.2 Å². The van der Waals surface area contributed by atoms with Crippen LogP contribution in [0.1, 0.15) is 18.9 Å². The third kappa shape index (κ3) is 4.56. The smallest absolute Gasteiger partial charge is 0.406 e. The van der Waals surface area contributed by atoms with Gasteiger partial charge in [-0.3, -0.25) is 14.5 Å². The van der Waals surface area contributed by atoms with E-state index in [1.54, 1.807) is 0 Å². The molecule has 9 heteroatoms. The van der Waals surface area contributed by atoms with E-state index in [0.717, 1.165) is 17.0 Å². The van der Waals surface area contributed by atoms with Crippen molar-refractivity contribution < 1.29 is 31.9 Å². The lowest BCUT2D eigenvalue weighted by atomic mass is 10.0. The van der Waals surface area contributed by atoms with Crippen molar-refractivity contribution in [2.75, 3.05) is 11.9 Å². The minimum Gasteiger partial charge on any atom is -0.406 e. The van der Waals surface area contributed by atoms with Crippen molar-refractivity contribution >= 4 is 23.1 Å². The van der Waals surface area contributed by atoms with Gasteiger partial charge < -0.3 is 10.1 Å². The van der Waals surface area contributed by atoms with Crippen molar-refractivity contribution in [3.63, 3.8) is 0 Å². The Hall–Kier alpha value is -3.36. The summed E-state index contributed by atoms with van der Waals surface area (Å²) in [6.45, 7) is 2.01. The highest BCUT2D eigenvalue weighted by Gasteiger charge is 2.38. The van der Waals surface area contributed by atoms with Crippen molar-refractivity contribution in [2.24, 2.45) is 0 Å². The van der Waals surface area contributed by atoms with Gasteiger partial charge in [-0.05, 0) is 48.4 Å². The number of carbonyl (C=O) groups is 2. The van der Waals surface area contributed by atoms with E-state index in [2.05, 4.69) is 10.1 Å². The molecule has 2 aromatic carbocycles. The highest BCUT2D eigenvalue weighted by atomic mass is 19.4. The molecule has 152 valence electrons. The van der Waals surface area contributed by atoms with Crippen LogP contribution in [0, 0.1) is 5.82 Å². The van der Waals surface area contributed by atoms with E-state index in [0.29, 0.717) is 12.0 Å². The van der Waals surface area contributed by atoms with Gasteiger partial charge in [0, 0.05) is 12.2 Å². The fourth-order valence-electron chi connectivity index (χ4n) is 2.89. The summed E-state index contributed by atoms with van der Waals surface area (Å²) in [4.78, 5) is 26.6. The van der Waals surface area contributed by atoms with Crippen LogP contribution in [-0.2, 0) is 9.59 Å². The number of nitrogens with one attached hydrogen (secondary N) is 1. The number of imide groups is 1. The molecular formula is C20H16F4N2O3. The summed E-state index contributed by atoms with van der Waals surface area (Å²) < 4.78 is 53.9. The largest absolute Gasteiger partial charge is 0.573 e. The van der Waals surface area contributed by atoms with Crippen LogP contribution in [0.25, 0.3) is 5.57 Å². The van der Waals surface area contributed by atoms with Crippen molar-refractivity contribution in [3.05, 3.63) is 65.6 Å². The number of rotatable bonds is 6. The Kier molecular flexibility index (Phi) is 5.58. The topological polar surface area (TPSA) is 58.6 Å². The molecule has 2 aromatic rings. The maximum Gasteiger partial charge on any atom is 0.573 e. The lowest BCUT2D eigenvalue weighted by Crippen LogP contribution is -2.33. The van der Waals surface area contributed by atoms with Crippen molar-refractivity contribution in [2.45, 2.75) is 19.7 Å². The number of anilines is 1. The molecule has 2 amide bonds. The molecule has 1 aliphatic heterocycles. The van der Waals surface area contributed by atoms with Crippen LogP contribution in [0.3, 0.4) is 0 Å². The minimum atomic E-state index is -4.82. The molecule has 0 aromatic heterocycles. The molecule has 29 heavy (non-hydrogen) atoms. The molecule has 3 rings (SSSR count). The SMILES string of the molecule is CCCN1C(=O)C(Nc2ccc(OC(F)(F)F)cc2)=C(c2ccc(F)cc2)C1=O. The highest BCUT2D eigenvalue weighted by Crippen LogP contribution is 2.31. The van der Waals surface area contributed by atoms with Gasteiger partial charge in [-0.1, -0.05) is 19.1 Å². The Morgan fingerprint density at radius 3 is 2.14 bits per heavy atom. The van der Waals surface area contributed by atoms with Crippen LogP contribution in [0.2, 0.25) is 0 Å². The summed E-state index contributed by atoms with van der Waals surface area (Å²) in [6, 6.07) is 9.85. The van der Waals surface area contributed by atoms with Crippen molar-refractivity contribution in [1.82, 2.24) is 4.90 Å². The number of ether oxygens (including phenoxy) is 1. The molecule has 0 saturated carbocycles. The van der Waals surface area contributed by atoms with Crippen LogP contribution in [-0.4, -0.2) is 29.6 Å². The van der Waals surface area contributed by atoms with Crippen LogP contribution < -0.4 is 10.1 Å². The summed E-state index contributed by atoms with van der Waals surface area (Å²) in [5.74, 6) is -2.00. The van der Waals surface area contributed by atoms with E-state index >= 15 is 0 Å². The third-order valence-electron chi connectivity index (χ3n) is 4.11. The summed E-state index contributed by atoms with van der Waals surface area (Å²) in [6.07, 6.45) is -4.27. The first kappa shape index (κ1) is 20.4. The predicted molar refractivity (Wildman–Crippen MR) is 97.1 cm³/mol. The molecule has 1 heterocycles. The zero-order chi connectivity index (χ0) is 21.2. The lowest BCUT2D eigenvalue weighted by Gasteiger charge is -2.14. The highest BCUT2D eigenvalue weighted by molar-refractivity contribution is 6.36. The molecule has 0 aliphatic carbocycles. The lowest BCUT2D eigenvalue weighted by molar-refractivity contribution is -0.274. The van der Waals surface area contributed by atoms with E-state index < -0.39 is 29.7 Å². The third-order valence-corrected chi connectivity index (χ3v) is 4.11. The van der Waals surface area contributed by atoms with Gasteiger partial charge in [0.05, 0.1) is 5.57 Å². The Labute approximate surface area is 163 Å². The molecule has 0 fully saturated rings. The number of alkyl halides is 3. The van der Waals surface area contributed by atoms with Gasteiger partial charge in [-0.25, -0.2) is 4.39 Å². The zero-order valence-corrected chi connectivity index (χ0v) is 15.2. The summed E-state index contributed by atoms with van der Waals surface area (Å²) in [5, 5.41) is 2.80. The standard InChI is InChI=1S/C20H16F4N2O3/c1-2-11-26-18(27)16(12-3-5-13(21)6-4-12)17(19(26)28)25-14-7-9-15(10-8-14)29-20(22,23)24/h3-10,25H,2,11H2,1H3. The summed E-state index contributed by atoms with van der Waals surface area (Å²) in [7, 11) is 0. The second-order valence-electron chi connectivity index (χ2n) is 6.22.